The first-order valence-electron chi connectivity index (χ1n) is 5.65. The third-order valence-corrected chi connectivity index (χ3v) is 2.98. The summed E-state index contributed by atoms with van der Waals surface area (Å²) in [6, 6.07) is 5.11. The predicted molar refractivity (Wildman–Crippen MR) is 65.0 cm³/mol. The Morgan fingerprint density at radius 1 is 1.50 bits per heavy atom. The van der Waals surface area contributed by atoms with Gasteiger partial charge in [0.2, 0.25) is 0 Å². The maximum Gasteiger partial charge on any atom is 0.148 e. The lowest BCUT2D eigenvalue weighted by molar-refractivity contribution is 0.260. The summed E-state index contributed by atoms with van der Waals surface area (Å²) in [5, 5.41) is 3.23. The summed E-state index contributed by atoms with van der Waals surface area (Å²) in [5.41, 5.74) is 6.52. The summed E-state index contributed by atoms with van der Waals surface area (Å²) in [5.74, 6) is -0.270. The predicted octanol–water partition coefficient (Wildman–Crippen LogP) is 1.91. The molecule has 1 aliphatic rings. The lowest BCUT2D eigenvalue weighted by Crippen LogP contribution is -2.39. The van der Waals surface area contributed by atoms with Crippen molar-refractivity contribution in [2.75, 3.05) is 31.2 Å². The summed E-state index contributed by atoms with van der Waals surface area (Å²) in [6.45, 7) is 2.09. The zero-order valence-electron chi connectivity index (χ0n) is 9.54. The number of nitrogens with zero attached hydrogens (tertiary/aromatic N) is 1. The summed E-state index contributed by atoms with van der Waals surface area (Å²) >= 11 is 0. The van der Waals surface area contributed by atoms with Gasteiger partial charge in [0.25, 0.3) is 0 Å². The number of nitrogens with one attached hydrogen (secondary N) is 1. The van der Waals surface area contributed by atoms with E-state index in [0.717, 1.165) is 25.9 Å². The summed E-state index contributed by atoms with van der Waals surface area (Å²) in [6.07, 6.45) is 2.25. The summed E-state index contributed by atoms with van der Waals surface area (Å²) < 4.78 is 13.5. The van der Waals surface area contributed by atoms with Crippen molar-refractivity contribution < 1.29 is 4.39 Å². The number of nitrogen functional groups attached to an aromatic ring is 1. The number of likely N-dealkylation sites (tertiary alicyclic amines) is 1. The van der Waals surface area contributed by atoms with E-state index in [1.165, 1.54) is 6.07 Å². The molecule has 1 aromatic rings. The van der Waals surface area contributed by atoms with Crippen LogP contribution in [0.4, 0.5) is 15.8 Å². The largest absolute Gasteiger partial charge is 0.399 e. The third kappa shape index (κ3) is 2.64. The van der Waals surface area contributed by atoms with Crippen LogP contribution in [0.1, 0.15) is 12.8 Å². The Bertz CT molecular complexity index is 367. The zero-order chi connectivity index (χ0) is 11.5. The van der Waals surface area contributed by atoms with E-state index in [-0.39, 0.29) is 5.82 Å². The van der Waals surface area contributed by atoms with Gasteiger partial charge in [-0.15, -0.1) is 0 Å². The highest BCUT2D eigenvalue weighted by molar-refractivity contribution is 5.53. The average molecular weight is 223 g/mol. The quantitative estimate of drug-likeness (QED) is 0.753. The van der Waals surface area contributed by atoms with E-state index in [2.05, 4.69) is 17.3 Å². The molecule has 0 radical (unpaired) electrons. The van der Waals surface area contributed by atoms with Crippen molar-refractivity contribution in [3.8, 4) is 0 Å². The molecule has 1 aromatic carbocycles. The van der Waals surface area contributed by atoms with E-state index in [1.54, 1.807) is 12.1 Å². The first kappa shape index (κ1) is 11.2. The molecule has 3 N–H and O–H groups in total. The van der Waals surface area contributed by atoms with Crippen molar-refractivity contribution >= 4 is 11.4 Å². The second kappa shape index (κ2) is 4.70. The van der Waals surface area contributed by atoms with Gasteiger partial charge in [-0.3, -0.25) is 0 Å². The highest BCUT2D eigenvalue weighted by Crippen LogP contribution is 2.20. The number of anilines is 2. The van der Waals surface area contributed by atoms with E-state index >= 15 is 0 Å². The monoisotopic (exact) mass is 223 g/mol. The molecular formula is C12H18FN3. The molecule has 0 bridgehead atoms. The molecule has 0 spiro atoms. The summed E-state index contributed by atoms with van der Waals surface area (Å²) in [7, 11) is 2.09. The number of halogens is 1. The Balaban J connectivity index is 2.02. The lowest BCUT2D eigenvalue weighted by Gasteiger charge is -2.31. The highest BCUT2D eigenvalue weighted by Gasteiger charge is 2.17. The average Bonchev–Trinajstić information content (AvgIpc) is 2.22. The van der Waals surface area contributed by atoms with Crippen molar-refractivity contribution in [2.24, 2.45) is 0 Å². The molecule has 16 heavy (non-hydrogen) atoms. The molecule has 1 fully saturated rings. The van der Waals surface area contributed by atoms with Crippen LogP contribution in [0.15, 0.2) is 18.2 Å². The Morgan fingerprint density at radius 3 is 3.00 bits per heavy atom. The van der Waals surface area contributed by atoms with Crippen LogP contribution < -0.4 is 11.1 Å². The maximum absolute atomic E-state index is 13.5. The number of benzene rings is 1. The molecule has 4 heteroatoms. The molecule has 0 aliphatic carbocycles. The maximum atomic E-state index is 13.5. The van der Waals surface area contributed by atoms with Gasteiger partial charge in [0.05, 0.1) is 5.69 Å². The summed E-state index contributed by atoms with van der Waals surface area (Å²) in [4.78, 5) is 2.26. The van der Waals surface area contributed by atoms with E-state index in [1.807, 2.05) is 0 Å². The SMILES string of the molecule is CN1CCCC(Nc2ccc(N)cc2F)C1. The Kier molecular flexibility index (Phi) is 3.29. The van der Waals surface area contributed by atoms with Crippen molar-refractivity contribution in [2.45, 2.75) is 18.9 Å². The Labute approximate surface area is 95.4 Å². The second-order valence-corrected chi connectivity index (χ2v) is 4.49. The van der Waals surface area contributed by atoms with E-state index in [9.17, 15) is 4.39 Å². The van der Waals surface area contributed by atoms with Gasteiger partial charge in [-0.2, -0.15) is 0 Å². The highest BCUT2D eigenvalue weighted by atomic mass is 19.1. The second-order valence-electron chi connectivity index (χ2n) is 4.49. The Hall–Kier alpha value is -1.29. The standard InChI is InChI=1S/C12H18FN3/c1-16-6-2-3-10(8-16)15-12-5-4-9(14)7-11(12)13/h4-5,7,10,15H,2-3,6,8,14H2,1H3. The van der Waals surface area contributed by atoms with Gasteiger partial charge in [-0.05, 0) is 44.6 Å². The van der Waals surface area contributed by atoms with Gasteiger partial charge in [0.1, 0.15) is 5.82 Å². The molecule has 1 heterocycles. The molecule has 1 unspecified atom stereocenters. The first-order valence-corrected chi connectivity index (χ1v) is 5.65. The van der Waals surface area contributed by atoms with Crippen LogP contribution in [0, 0.1) is 5.82 Å². The van der Waals surface area contributed by atoms with Gasteiger partial charge >= 0.3 is 0 Å². The van der Waals surface area contributed by atoms with Crippen LogP contribution >= 0.6 is 0 Å². The van der Waals surface area contributed by atoms with Gasteiger partial charge < -0.3 is 16.0 Å². The molecule has 1 aliphatic heterocycles. The molecule has 2 rings (SSSR count). The number of likely N-dealkylation sites (N-methyl/N-ethyl adjacent to an activating group) is 1. The molecule has 88 valence electrons. The van der Waals surface area contributed by atoms with Gasteiger partial charge in [-0.25, -0.2) is 4.39 Å². The molecule has 3 nitrogen and oxygen atoms in total. The molecule has 0 saturated carbocycles. The van der Waals surface area contributed by atoms with Crippen LogP contribution in [0.5, 0.6) is 0 Å². The molecule has 1 saturated heterocycles. The third-order valence-electron chi connectivity index (χ3n) is 2.98. The number of hydrogen-bond donors (Lipinski definition) is 2. The fourth-order valence-electron chi connectivity index (χ4n) is 2.15. The van der Waals surface area contributed by atoms with E-state index in [0.29, 0.717) is 17.4 Å². The minimum Gasteiger partial charge on any atom is -0.399 e. The van der Waals surface area contributed by atoms with Crippen LogP contribution in [-0.4, -0.2) is 31.1 Å². The first-order chi connectivity index (χ1) is 7.65. The lowest BCUT2D eigenvalue weighted by atomic mass is 10.1. The molecule has 1 atom stereocenters. The van der Waals surface area contributed by atoms with Crippen molar-refractivity contribution in [1.29, 1.82) is 0 Å². The number of nitrogens with two attached hydrogens (primary N) is 1. The van der Waals surface area contributed by atoms with E-state index in [4.69, 9.17) is 5.73 Å². The minimum atomic E-state index is -0.270. The molecular weight excluding hydrogens is 205 g/mol. The topological polar surface area (TPSA) is 41.3 Å². The van der Waals surface area contributed by atoms with Gasteiger partial charge in [0, 0.05) is 18.3 Å². The fourth-order valence-corrected chi connectivity index (χ4v) is 2.15. The van der Waals surface area contributed by atoms with Crippen molar-refractivity contribution in [1.82, 2.24) is 4.90 Å². The Morgan fingerprint density at radius 2 is 2.31 bits per heavy atom. The minimum absolute atomic E-state index is 0.270. The number of rotatable bonds is 2. The van der Waals surface area contributed by atoms with Crippen molar-refractivity contribution in [3.63, 3.8) is 0 Å². The molecule has 0 aromatic heterocycles. The number of piperidine rings is 1. The van der Waals surface area contributed by atoms with Crippen LogP contribution in [0.2, 0.25) is 0 Å². The van der Waals surface area contributed by atoms with E-state index < -0.39 is 0 Å². The van der Waals surface area contributed by atoms with Crippen molar-refractivity contribution in [3.05, 3.63) is 24.0 Å². The molecule has 0 amide bonds. The normalized spacial score (nSPS) is 22.0. The van der Waals surface area contributed by atoms with Crippen LogP contribution in [0.25, 0.3) is 0 Å². The number of hydrogen-bond acceptors (Lipinski definition) is 3. The smallest absolute Gasteiger partial charge is 0.148 e. The zero-order valence-corrected chi connectivity index (χ0v) is 9.54. The fraction of sp³-hybridized carbons (Fsp3) is 0.500. The van der Waals surface area contributed by atoms with Gasteiger partial charge in [0.15, 0.2) is 0 Å². The van der Waals surface area contributed by atoms with Gasteiger partial charge in [-0.1, -0.05) is 0 Å². The van der Waals surface area contributed by atoms with Crippen LogP contribution in [-0.2, 0) is 0 Å². The van der Waals surface area contributed by atoms with Crippen LogP contribution in [0.3, 0.4) is 0 Å².